The molecule has 0 N–H and O–H groups in total. The molecule has 6 nitrogen and oxygen atoms in total. The topological polar surface area (TPSA) is 62.6 Å². The highest BCUT2D eigenvalue weighted by Crippen LogP contribution is 2.40. The molecule has 0 saturated carbocycles. The van der Waals surface area contributed by atoms with Crippen LogP contribution in [0, 0.1) is 0 Å². The van der Waals surface area contributed by atoms with Crippen LogP contribution < -0.4 is 19.8 Å². The van der Waals surface area contributed by atoms with Gasteiger partial charge in [-0.15, -0.1) is 0 Å². The van der Waals surface area contributed by atoms with Gasteiger partial charge in [-0.2, -0.15) is 18.3 Å². The van der Waals surface area contributed by atoms with Gasteiger partial charge in [0.05, 0.1) is 39.1 Å². The zero-order chi connectivity index (χ0) is 21.9. The number of benzene rings is 2. The lowest BCUT2D eigenvalue weighted by Crippen LogP contribution is -2.22. The molecule has 3 rings (SSSR count). The average molecular weight is 420 g/mol. The van der Waals surface area contributed by atoms with Gasteiger partial charge in [-0.25, -0.2) is 4.68 Å². The Morgan fingerprint density at radius 3 is 2.00 bits per heavy atom. The van der Waals surface area contributed by atoms with Crippen LogP contribution in [0.15, 0.2) is 53.3 Å². The maximum Gasteiger partial charge on any atom is 0.416 e. The van der Waals surface area contributed by atoms with Crippen molar-refractivity contribution in [2.45, 2.75) is 12.7 Å². The lowest BCUT2D eigenvalue weighted by atomic mass is 10.1. The predicted molar refractivity (Wildman–Crippen MR) is 104 cm³/mol. The fraction of sp³-hybridized carbons (Fsp3) is 0.238. The first-order valence-electron chi connectivity index (χ1n) is 8.81. The Balaban J connectivity index is 1.97. The molecule has 2 aromatic carbocycles. The molecule has 0 aliphatic carbocycles. The van der Waals surface area contributed by atoms with Crippen molar-refractivity contribution in [1.82, 2.24) is 9.78 Å². The molecule has 158 valence electrons. The lowest BCUT2D eigenvalue weighted by molar-refractivity contribution is -0.137. The Bertz CT molecular complexity index is 1070. The summed E-state index contributed by atoms with van der Waals surface area (Å²) in [7, 11) is 4.46. The summed E-state index contributed by atoms with van der Waals surface area (Å²) < 4.78 is 55.3. The molecular weight excluding hydrogens is 401 g/mol. The molecule has 0 spiro atoms. The van der Waals surface area contributed by atoms with E-state index in [-0.39, 0.29) is 12.1 Å². The Morgan fingerprint density at radius 2 is 1.50 bits per heavy atom. The quantitative estimate of drug-likeness (QED) is 0.603. The molecule has 30 heavy (non-hydrogen) atoms. The fourth-order valence-corrected chi connectivity index (χ4v) is 2.92. The highest BCUT2D eigenvalue weighted by Gasteiger charge is 2.29. The maximum absolute atomic E-state index is 12.7. The monoisotopic (exact) mass is 420 g/mol. The number of nitrogens with zero attached hydrogens (tertiary/aromatic N) is 2. The molecular formula is C21H19F3N2O4. The first kappa shape index (κ1) is 21.2. The average Bonchev–Trinajstić information content (AvgIpc) is 2.73. The number of aromatic nitrogens is 2. The SMILES string of the molecule is COc1cc(-c2ccc(=O)n(Cc3ccc(C(F)(F)F)cc3)n2)cc(OC)c1OC. The van der Waals surface area contributed by atoms with Crippen LogP contribution in [0.3, 0.4) is 0 Å². The summed E-state index contributed by atoms with van der Waals surface area (Å²) in [4.78, 5) is 12.2. The second-order valence-electron chi connectivity index (χ2n) is 6.32. The number of hydrogen-bond donors (Lipinski definition) is 0. The number of ether oxygens (including phenoxy) is 3. The molecule has 0 saturated heterocycles. The molecule has 0 bridgehead atoms. The molecule has 0 atom stereocenters. The number of methoxy groups -OCH3 is 3. The summed E-state index contributed by atoms with van der Waals surface area (Å²) in [6, 6.07) is 10.9. The molecule has 0 aliphatic rings. The molecule has 9 heteroatoms. The number of alkyl halides is 3. The first-order chi connectivity index (χ1) is 14.3. The minimum Gasteiger partial charge on any atom is -0.493 e. The van der Waals surface area contributed by atoms with E-state index in [0.29, 0.717) is 34.1 Å². The summed E-state index contributed by atoms with van der Waals surface area (Å²) in [6.45, 7) is 0.0231. The van der Waals surface area contributed by atoms with Gasteiger partial charge >= 0.3 is 6.18 Å². The van der Waals surface area contributed by atoms with E-state index in [1.54, 1.807) is 18.2 Å². The molecule has 0 aliphatic heterocycles. The fourth-order valence-electron chi connectivity index (χ4n) is 2.92. The van der Waals surface area contributed by atoms with E-state index in [4.69, 9.17) is 14.2 Å². The van der Waals surface area contributed by atoms with Crippen molar-refractivity contribution in [3.8, 4) is 28.5 Å². The third-order valence-corrected chi connectivity index (χ3v) is 4.44. The Labute approximate surface area is 170 Å². The van der Waals surface area contributed by atoms with Crippen molar-refractivity contribution in [3.63, 3.8) is 0 Å². The van der Waals surface area contributed by atoms with Crippen LogP contribution in [0.25, 0.3) is 11.3 Å². The minimum absolute atomic E-state index is 0.0231. The van der Waals surface area contributed by atoms with Gasteiger partial charge in [0.15, 0.2) is 11.5 Å². The lowest BCUT2D eigenvalue weighted by Gasteiger charge is -2.14. The van der Waals surface area contributed by atoms with Crippen molar-refractivity contribution in [2.75, 3.05) is 21.3 Å². The van der Waals surface area contributed by atoms with Crippen molar-refractivity contribution in [1.29, 1.82) is 0 Å². The number of hydrogen-bond acceptors (Lipinski definition) is 5. The highest BCUT2D eigenvalue weighted by molar-refractivity contribution is 5.68. The Morgan fingerprint density at radius 1 is 0.900 bits per heavy atom. The van der Waals surface area contributed by atoms with Gasteiger partial charge in [-0.3, -0.25) is 4.79 Å². The predicted octanol–water partition coefficient (Wildman–Crippen LogP) is 4.00. The molecule has 0 amide bonds. The minimum atomic E-state index is -4.42. The zero-order valence-corrected chi connectivity index (χ0v) is 16.5. The van der Waals surface area contributed by atoms with Crippen LogP contribution in [0.4, 0.5) is 13.2 Å². The van der Waals surface area contributed by atoms with Crippen LogP contribution >= 0.6 is 0 Å². The van der Waals surface area contributed by atoms with Crippen LogP contribution in [0.5, 0.6) is 17.2 Å². The highest BCUT2D eigenvalue weighted by atomic mass is 19.4. The molecule has 0 fully saturated rings. The second-order valence-corrected chi connectivity index (χ2v) is 6.32. The summed E-state index contributed by atoms with van der Waals surface area (Å²) in [5.41, 5.74) is 0.454. The first-order valence-corrected chi connectivity index (χ1v) is 8.81. The van der Waals surface area contributed by atoms with Crippen molar-refractivity contribution in [2.24, 2.45) is 0 Å². The van der Waals surface area contributed by atoms with Crippen LogP contribution in [-0.2, 0) is 12.7 Å². The van der Waals surface area contributed by atoms with E-state index in [2.05, 4.69) is 5.10 Å². The Hall–Kier alpha value is -3.49. The van der Waals surface area contributed by atoms with Crippen molar-refractivity contribution < 1.29 is 27.4 Å². The van der Waals surface area contributed by atoms with Crippen molar-refractivity contribution >= 4 is 0 Å². The van der Waals surface area contributed by atoms with Gasteiger partial charge in [-0.1, -0.05) is 12.1 Å². The van der Waals surface area contributed by atoms with E-state index in [1.807, 2.05) is 0 Å². The standard InChI is InChI=1S/C21H19F3N2O4/c1-28-17-10-14(11-18(29-2)20(17)30-3)16-8-9-19(27)26(25-16)12-13-4-6-15(7-5-13)21(22,23)24/h4-11H,12H2,1-3H3. The molecule has 1 heterocycles. The second kappa shape index (κ2) is 8.48. The molecule has 1 aromatic heterocycles. The van der Waals surface area contributed by atoms with Gasteiger partial charge in [0.25, 0.3) is 5.56 Å². The normalized spacial score (nSPS) is 11.3. The smallest absolute Gasteiger partial charge is 0.416 e. The third kappa shape index (κ3) is 4.40. The zero-order valence-electron chi connectivity index (χ0n) is 16.5. The van der Waals surface area contributed by atoms with Gasteiger partial charge in [0.2, 0.25) is 5.75 Å². The molecule has 0 radical (unpaired) electrons. The summed E-state index contributed by atoms with van der Waals surface area (Å²) in [5, 5.41) is 4.35. The largest absolute Gasteiger partial charge is 0.493 e. The summed E-state index contributed by atoms with van der Waals surface area (Å²) in [5.74, 6) is 1.27. The van der Waals surface area contributed by atoms with E-state index in [0.717, 1.165) is 12.1 Å². The Kier molecular flexibility index (Phi) is 6.00. The number of rotatable bonds is 6. The summed E-state index contributed by atoms with van der Waals surface area (Å²) >= 11 is 0. The van der Waals surface area contributed by atoms with E-state index >= 15 is 0 Å². The van der Waals surface area contributed by atoms with E-state index < -0.39 is 11.7 Å². The van der Waals surface area contributed by atoms with Gasteiger partial charge in [-0.05, 0) is 35.9 Å². The molecule has 3 aromatic rings. The van der Waals surface area contributed by atoms with Crippen LogP contribution in [0.2, 0.25) is 0 Å². The molecule has 0 unspecified atom stereocenters. The van der Waals surface area contributed by atoms with Crippen LogP contribution in [-0.4, -0.2) is 31.1 Å². The van der Waals surface area contributed by atoms with Gasteiger partial charge in [0, 0.05) is 11.6 Å². The van der Waals surface area contributed by atoms with E-state index in [9.17, 15) is 18.0 Å². The number of halogens is 3. The van der Waals surface area contributed by atoms with Crippen LogP contribution in [0.1, 0.15) is 11.1 Å². The van der Waals surface area contributed by atoms with Crippen molar-refractivity contribution in [3.05, 3.63) is 70.0 Å². The van der Waals surface area contributed by atoms with E-state index in [1.165, 1.54) is 44.2 Å². The third-order valence-electron chi connectivity index (χ3n) is 4.44. The van der Waals surface area contributed by atoms with Gasteiger partial charge < -0.3 is 14.2 Å². The van der Waals surface area contributed by atoms with Gasteiger partial charge in [0.1, 0.15) is 0 Å². The summed E-state index contributed by atoms with van der Waals surface area (Å²) in [6.07, 6.45) is -4.42. The maximum atomic E-state index is 12.7.